The Hall–Kier alpha value is -2.97. The molecule has 2 aliphatic rings. The molecule has 2 saturated heterocycles. The van der Waals surface area contributed by atoms with Gasteiger partial charge in [0.2, 0.25) is 0 Å². The molecule has 3 aromatic heterocycles. The lowest BCUT2D eigenvalue weighted by Gasteiger charge is -2.25. The minimum atomic E-state index is -0.0790. The second kappa shape index (κ2) is 5.77. The van der Waals surface area contributed by atoms with Gasteiger partial charge in [-0.1, -0.05) is 0 Å². The van der Waals surface area contributed by atoms with Gasteiger partial charge in [-0.25, -0.2) is 9.67 Å². The van der Waals surface area contributed by atoms with E-state index in [1.807, 2.05) is 17.5 Å². The van der Waals surface area contributed by atoms with Crippen molar-refractivity contribution in [3.05, 3.63) is 40.1 Å². The molecule has 5 heterocycles. The topological polar surface area (TPSA) is 84.5 Å². The fourth-order valence-electron chi connectivity index (χ4n) is 4.40. The Kier molecular flexibility index (Phi) is 3.46. The number of hydrogen-bond donors (Lipinski definition) is 0. The van der Waals surface area contributed by atoms with Gasteiger partial charge in [-0.05, 0) is 19.9 Å². The standard InChI is InChI=1S/C18H22N8O/c1-11-12(2)21-18-19-10-20-26(18)17(11)25-8-13-6-24(7-14(13)9-25)15-4-5-16(27)23(3)22-15/h4-5,10,13-14H,6-9H2,1-3H3. The van der Waals surface area contributed by atoms with Crippen LogP contribution < -0.4 is 15.4 Å². The molecule has 0 saturated carbocycles. The summed E-state index contributed by atoms with van der Waals surface area (Å²) in [6.07, 6.45) is 1.56. The monoisotopic (exact) mass is 366 g/mol. The quantitative estimate of drug-likeness (QED) is 0.649. The largest absolute Gasteiger partial charge is 0.355 e. The molecule has 0 N–H and O–H groups in total. The summed E-state index contributed by atoms with van der Waals surface area (Å²) >= 11 is 0. The molecule has 2 fully saturated rings. The van der Waals surface area contributed by atoms with Gasteiger partial charge in [-0.2, -0.15) is 19.7 Å². The number of aryl methyl sites for hydroxylation is 2. The van der Waals surface area contributed by atoms with Gasteiger partial charge in [0.05, 0.1) is 0 Å². The Bertz CT molecular complexity index is 1070. The number of rotatable bonds is 2. The molecule has 2 atom stereocenters. The van der Waals surface area contributed by atoms with E-state index >= 15 is 0 Å². The predicted octanol–water partition coefficient (Wildman–Crippen LogP) is 0.407. The summed E-state index contributed by atoms with van der Waals surface area (Å²) in [4.78, 5) is 25.1. The molecule has 0 aliphatic carbocycles. The summed E-state index contributed by atoms with van der Waals surface area (Å²) in [5.41, 5.74) is 2.08. The van der Waals surface area contributed by atoms with Gasteiger partial charge in [0.1, 0.15) is 18.0 Å². The Balaban J connectivity index is 1.40. The summed E-state index contributed by atoms with van der Waals surface area (Å²) in [7, 11) is 1.70. The number of anilines is 2. The molecule has 0 aromatic carbocycles. The zero-order valence-corrected chi connectivity index (χ0v) is 15.7. The third kappa shape index (κ3) is 2.48. The van der Waals surface area contributed by atoms with E-state index in [1.165, 1.54) is 4.68 Å². The van der Waals surface area contributed by atoms with Crippen LogP contribution in [0, 0.1) is 25.7 Å². The van der Waals surface area contributed by atoms with E-state index in [1.54, 1.807) is 19.4 Å². The SMILES string of the molecule is Cc1nc2ncnn2c(N2CC3CN(c4ccc(=O)n(C)n4)CC3C2)c1C. The highest BCUT2D eigenvalue weighted by atomic mass is 16.1. The molecular weight excluding hydrogens is 344 g/mol. The maximum Gasteiger partial charge on any atom is 0.266 e. The van der Waals surface area contributed by atoms with Crippen molar-refractivity contribution >= 4 is 17.4 Å². The van der Waals surface area contributed by atoms with Crippen LogP contribution in [0.4, 0.5) is 11.6 Å². The average molecular weight is 366 g/mol. The number of hydrogen-bond acceptors (Lipinski definition) is 7. The van der Waals surface area contributed by atoms with Gasteiger partial charge in [0.25, 0.3) is 11.3 Å². The van der Waals surface area contributed by atoms with E-state index in [0.717, 1.165) is 49.1 Å². The number of nitrogens with zero attached hydrogens (tertiary/aromatic N) is 8. The van der Waals surface area contributed by atoms with Gasteiger partial charge < -0.3 is 9.80 Å². The minimum absolute atomic E-state index is 0.0790. The summed E-state index contributed by atoms with van der Waals surface area (Å²) < 4.78 is 3.26. The molecule has 0 spiro atoms. The van der Waals surface area contributed by atoms with E-state index in [2.05, 4.69) is 36.9 Å². The maximum atomic E-state index is 11.6. The van der Waals surface area contributed by atoms with Crippen molar-refractivity contribution in [3.8, 4) is 0 Å². The van der Waals surface area contributed by atoms with E-state index in [-0.39, 0.29) is 5.56 Å². The first kappa shape index (κ1) is 16.2. The Labute approximate surface area is 156 Å². The number of aromatic nitrogens is 6. The molecule has 140 valence electrons. The van der Waals surface area contributed by atoms with Crippen LogP contribution in [-0.4, -0.2) is 55.5 Å². The van der Waals surface area contributed by atoms with Crippen LogP contribution in [0.5, 0.6) is 0 Å². The van der Waals surface area contributed by atoms with Gasteiger partial charge in [-0.15, -0.1) is 0 Å². The van der Waals surface area contributed by atoms with Gasteiger partial charge in [-0.3, -0.25) is 4.79 Å². The summed E-state index contributed by atoms with van der Waals surface area (Å²) in [6.45, 7) is 8.00. The average Bonchev–Trinajstić information content (AvgIpc) is 3.33. The van der Waals surface area contributed by atoms with Gasteiger partial charge in [0.15, 0.2) is 0 Å². The lowest BCUT2D eigenvalue weighted by atomic mass is 10.0. The summed E-state index contributed by atoms with van der Waals surface area (Å²) in [5, 5.41) is 8.79. The van der Waals surface area contributed by atoms with E-state index in [4.69, 9.17) is 0 Å². The molecule has 0 radical (unpaired) electrons. The minimum Gasteiger partial charge on any atom is -0.355 e. The van der Waals surface area contributed by atoms with E-state index in [9.17, 15) is 4.79 Å². The van der Waals surface area contributed by atoms with Crippen molar-refractivity contribution in [2.24, 2.45) is 18.9 Å². The number of fused-ring (bicyclic) bond motifs is 2. The van der Waals surface area contributed by atoms with Crippen molar-refractivity contribution in [1.82, 2.24) is 29.4 Å². The van der Waals surface area contributed by atoms with Crippen molar-refractivity contribution in [3.63, 3.8) is 0 Å². The van der Waals surface area contributed by atoms with Crippen LogP contribution in [0.2, 0.25) is 0 Å². The zero-order chi connectivity index (χ0) is 18.7. The summed E-state index contributed by atoms with van der Waals surface area (Å²) in [5.74, 6) is 3.77. The van der Waals surface area contributed by atoms with Crippen LogP contribution in [0.25, 0.3) is 5.78 Å². The highest BCUT2D eigenvalue weighted by Crippen LogP contribution is 2.36. The molecule has 9 heteroatoms. The van der Waals surface area contributed by atoms with Gasteiger partial charge in [0, 0.05) is 62.4 Å². The fraction of sp³-hybridized carbons (Fsp3) is 0.500. The second-order valence-corrected chi connectivity index (χ2v) is 7.60. The van der Waals surface area contributed by atoms with Crippen LogP contribution in [-0.2, 0) is 7.05 Å². The van der Waals surface area contributed by atoms with Crippen LogP contribution in [0.1, 0.15) is 11.3 Å². The molecule has 0 bridgehead atoms. The molecule has 2 unspecified atom stereocenters. The lowest BCUT2D eigenvalue weighted by Crippen LogP contribution is -2.32. The van der Waals surface area contributed by atoms with Gasteiger partial charge >= 0.3 is 0 Å². The van der Waals surface area contributed by atoms with E-state index < -0.39 is 0 Å². The third-order valence-corrected chi connectivity index (χ3v) is 5.93. The molecular formula is C18H22N8O. The van der Waals surface area contributed by atoms with Crippen LogP contribution in [0.3, 0.4) is 0 Å². The first-order valence-corrected chi connectivity index (χ1v) is 9.22. The molecule has 3 aromatic rings. The second-order valence-electron chi connectivity index (χ2n) is 7.60. The Morgan fingerprint density at radius 2 is 1.74 bits per heavy atom. The Morgan fingerprint density at radius 3 is 2.44 bits per heavy atom. The molecule has 9 nitrogen and oxygen atoms in total. The van der Waals surface area contributed by atoms with Crippen molar-refractivity contribution in [2.45, 2.75) is 13.8 Å². The van der Waals surface area contributed by atoms with Crippen molar-refractivity contribution < 1.29 is 0 Å². The molecule has 5 rings (SSSR count). The highest BCUT2D eigenvalue weighted by molar-refractivity contribution is 5.55. The van der Waals surface area contributed by atoms with Crippen LogP contribution in [0.15, 0.2) is 23.3 Å². The Morgan fingerprint density at radius 1 is 1.04 bits per heavy atom. The predicted molar refractivity (Wildman–Crippen MR) is 101 cm³/mol. The smallest absolute Gasteiger partial charge is 0.266 e. The van der Waals surface area contributed by atoms with E-state index in [0.29, 0.717) is 17.6 Å². The first-order valence-electron chi connectivity index (χ1n) is 9.22. The first-order chi connectivity index (χ1) is 13.0. The lowest BCUT2D eigenvalue weighted by molar-refractivity contribution is 0.533. The maximum absolute atomic E-state index is 11.6. The highest BCUT2D eigenvalue weighted by Gasteiger charge is 2.41. The fourth-order valence-corrected chi connectivity index (χ4v) is 4.40. The van der Waals surface area contributed by atoms with Crippen molar-refractivity contribution in [1.29, 1.82) is 0 Å². The van der Waals surface area contributed by atoms with Crippen molar-refractivity contribution in [2.75, 3.05) is 36.0 Å². The van der Waals surface area contributed by atoms with Crippen LogP contribution >= 0.6 is 0 Å². The normalized spacial score (nSPS) is 22.0. The summed E-state index contributed by atoms with van der Waals surface area (Å²) in [6, 6.07) is 3.42. The molecule has 27 heavy (non-hydrogen) atoms. The molecule has 2 aliphatic heterocycles. The zero-order valence-electron chi connectivity index (χ0n) is 15.7. The molecule has 0 amide bonds. The third-order valence-electron chi connectivity index (χ3n) is 5.93.